The van der Waals surface area contributed by atoms with Gasteiger partial charge in [-0.05, 0) is 25.1 Å². The van der Waals surface area contributed by atoms with Gasteiger partial charge in [0.15, 0.2) is 5.82 Å². The maximum Gasteiger partial charge on any atom is 0.276 e. The summed E-state index contributed by atoms with van der Waals surface area (Å²) in [5.41, 5.74) is 13.3. The first kappa shape index (κ1) is 20.7. The highest BCUT2D eigenvalue weighted by molar-refractivity contribution is 6.41. The van der Waals surface area contributed by atoms with E-state index in [9.17, 15) is 14.0 Å². The Bertz CT molecular complexity index is 1160. The van der Waals surface area contributed by atoms with Crippen LogP contribution in [0.25, 0.3) is 22.3 Å². The number of hydrogen-bond acceptors (Lipinski definition) is 6. The van der Waals surface area contributed by atoms with Crippen molar-refractivity contribution in [3.05, 3.63) is 51.3 Å². The van der Waals surface area contributed by atoms with Crippen molar-refractivity contribution in [1.29, 1.82) is 0 Å². The summed E-state index contributed by atoms with van der Waals surface area (Å²) in [6, 6.07) is 5.48. The molecule has 0 saturated heterocycles. The van der Waals surface area contributed by atoms with Crippen molar-refractivity contribution in [3.8, 4) is 11.4 Å². The lowest BCUT2D eigenvalue weighted by atomic mass is 10.1. The molecule has 0 atom stereocenters. The minimum absolute atomic E-state index is 0.00943. The Balaban J connectivity index is 2.29. The number of nitrogens with one attached hydrogen (secondary N) is 1. The predicted molar refractivity (Wildman–Crippen MR) is 107 cm³/mol. The van der Waals surface area contributed by atoms with Gasteiger partial charge in [0.2, 0.25) is 0 Å². The lowest BCUT2D eigenvalue weighted by Crippen LogP contribution is -2.24. The number of amides is 2. The van der Waals surface area contributed by atoms with E-state index in [1.54, 1.807) is 19.1 Å². The maximum absolute atomic E-state index is 14.4. The molecule has 3 rings (SSSR count). The molecule has 1 aromatic heterocycles. The van der Waals surface area contributed by atoms with Crippen molar-refractivity contribution in [1.82, 2.24) is 15.4 Å². The van der Waals surface area contributed by atoms with Crippen LogP contribution in [0.2, 0.25) is 10.0 Å². The molecule has 0 aliphatic carbocycles. The van der Waals surface area contributed by atoms with Gasteiger partial charge in [0, 0.05) is 5.39 Å². The summed E-state index contributed by atoms with van der Waals surface area (Å²) in [6.07, 6.45) is 0. The number of rotatable bonds is 5. The number of fused-ring (bicyclic) bond motifs is 1. The van der Waals surface area contributed by atoms with Gasteiger partial charge in [0.25, 0.3) is 11.8 Å². The molecular weight excluding hydrogens is 424 g/mol. The first-order valence-electron chi connectivity index (χ1n) is 8.22. The summed E-state index contributed by atoms with van der Waals surface area (Å²) in [5.74, 6) is -2.65. The van der Waals surface area contributed by atoms with E-state index >= 15 is 0 Å². The van der Waals surface area contributed by atoms with Crippen LogP contribution in [0.4, 0.5) is 10.2 Å². The van der Waals surface area contributed by atoms with Gasteiger partial charge >= 0.3 is 0 Å². The molecule has 0 fully saturated rings. The van der Waals surface area contributed by atoms with E-state index in [0.29, 0.717) is 5.39 Å². The molecule has 0 unspecified atom stereocenters. The van der Waals surface area contributed by atoms with Crippen LogP contribution in [0.1, 0.15) is 27.6 Å². The molecular formula is C18H14Cl2FN5O3. The highest BCUT2D eigenvalue weighted by Crippen LogP contribution is 2.38. The molecule has 5 N–H and O–H groups in total. The highest BCUT2D eigenvalue weighted by Gasteiger charge is 2.24. The van der Waals surface area contributed by atoms with Crippen molar-refractivity contribution in [3.63, 3.8) is 0 Å². The van der Waals surface area contributed by atoms with Gasteiger partial charge in [-0.3, -0.25) is 14.4 Å². The van der Waals surface area contributed by atoms with Crippen LogP contribution in [0.15, 0.2) is 24.3 Å². The number of nitrogen functional groups attached to an aromatic ring is 1. The van der Waals surface area contributed by atoms with Crippen LogP contribution >= 0.6 is 23.2 Å². The van der Waals surface area contributed by atoms with Crippen LogP contribution in [-0.2, 0) is 4.84 Å². The predicted octanol–water partition coefficient (Wildman–Crippen LogP) is 3.11. The van der Waals surface area contributed by atoms with Crippen LogP contribution < -0.4 is 16.9 Å². The molecule has 0 saturated carbocycles. The molecule has 2 aromatic carbocycles. The number of primary amides is 1. The van der Waals surface area contributed by atoms with Crippen LogP contribution in [0.5, 0.6) is 0 Å². The summed E-state index contributed by atoms with van der Waals surface area (Å²) in [5, 5.41) is -0.273. The molecule has 1 heterocycles. The van der Waals surface area contributed by atoms with Gasteiger partial charge in [-0.1, -0.05) is 29.3 Å². The van der Waals surface area contributed by atoms with E-state index in [4.69, 9.17) is 39.5 Å². The number of aromatic nitrogens is 2. The molecule has 150 valence electrons. The van der Waals surface area contributed by atoms with E-state index in [1.165, 1.54) is 6.07 Å². The SMILES string of the molecule is CCONC(=O)c1cc(F)c(Cl)c(-c2nc(N)c3cccc(C(N)=O)c3n2)c1Cl. The zero-order chi connectivity index (χ0) is 21.3. The van der Waals surface area contributed by atoms with E-state index in [0.717, 1.165) is 6.07 Å². The number of carbonyl (C=O) groups is 2. The summed E-state index contributed by atoms with van der Waals surface area (Å²) < 4.78 is 14.4. The van der Waals surface area contributed by atoms with Gasteiger partial charge in [0.05, 0.1) is 38.9 Å². The lowest BCUT2D eigenvalue weighted by molar-refractivity contribution is 0.0364. The van der Waals surface area contributed by atoms with Crippen LogP contribution in [-0.4, -0.2) is 28.4 Å². The third kappa shape index (κ3) is 3.80. The topological polar surface area (TPSA) is 133 Å². The Morgan fingerprint density at radius 1 is 1.21 bits per heavy atom. The largest absolute Gasteiger partial charge is 0.383 e. The summed E-state index contributed by atoms with van der Waals surface area (Å²) in [7, 11) is 0. The summed E-state index contributed by atoms with van der Waals surface area (Å²) >= 11 is 12.4. The number of carbonyl (C=O) groups excluding carboxylic acids is 2. The van der Waals surface area contributed by atoms with Gasteiger partial charge in [-0.15, -0.1) is 0 Å². The third-order valence-corrected chi connectivity index (χ3v) is 4.72. The molecule has 3 aromatic rings. The zero-order valence-electron chi connectivity index (χ0n) is 14.9. The molecule has 0 radical (unpaired) electrons. The molecule has 29 heavy (non-hydrogen) atoms. The summed E-state index contributed by atoms with van der Waals surface area (Å²) in [4.78, 5) is 37.2. The molecule has 8 nitrogen and oxygen atoms in total. The Labute approximate surface area is 173 Å². The number of hydroxylamine groups is 1. The Morgan fingerprint density at radius 2 is 1.93 bits per heavy atom. The second-order valence-corrected chi connectivity index (χ2v) is 6.53. The molecule has 2 amide bonds. The smallest absolute Gasteiger partial charge is 0.276 e. The monoisotopic (exact) mass is 437 g/mol. The van der Waals surface area contributed by atoms with Crippen LogP contribution in [0, 0.1) is 5.82 Å². The quantitative estimate of drug-likeness (QED) is 0.414. The van der Waals surface area contributed by atoms with Gasteiger partial charge in [-0.2, -0.15) is 0 Å². The van der Waals surface area contributed by atoms with E-state index in [-0.39, 0.29) is 45.5 Å². The first-order valence-corrected chi connectivity index (χ1v) is 8.97. The standard InChI is InChI=1S/C18H14Cl2FN5O3/c1-2-29-26-18(28)9-6-10(21)13(20)11(12(9)19)17-24-14-7(15(22)25-17)4-3-5-8(14)16(23)27/h3-6H,2H2,1H3,(H2,23,27)(H,26,28)(H2,22,24,25). The first-order chi connectivity index (χ1) is 13.8. The number of hydrogen-bond donors (Lipinski definition) is 3. The molecule has 0 spiro atoms. The van der Waals surface area contributed by atoms with Crippen molar-refractivity contribution >= 4 is 51.7 Å². The number of nitrogens with zero attached hydrogens (tertiary/aromatic N) is 2. The van der Waals surface area contributed by atoms with Crippen molar-refractivity contribution in [2.75, 3.05) is 12.3 Å². The number of anilines is 1. The molecule has 0 bridgehead atoms. The van der Waals surface area contributed by atoms with E-state index in [1.807, 2.05) is 0 Å². The Kier molecular flexibility index (Phi) is 5.83. The van der Waals surface area contributed by atoms with Gasteiger partial charge < -0.3 is 11.5 Å². The number of benzene rings is 2. The molecule has 0 aliphatic rings. The van der Waals surface area contributed by atoms with Crippen molar-refractivity contribution < 1.29 is 18.8 Å². The van der Waals surface area contributed by atoms with Crippen LogP contribution in [0.3, 0.4) is 0 Å². The Hall–Kier alpha value is -3.01. The molecule has 0 aliphatic heterocycles. The Morgan fingerprint density at radius 3 is 2.59 bits per heavy atom. The summed E-state index contributed by atoms with van der Waals surface area (Å²) in [6.45, 7) is 1.84. The minimum atomic E-state index is -0.932. The fraction of sp³-hybridized carbons (Fsp3) is 0.111. The lowest BCUT2D eigenvalue weighted by Gasteiger charge is -2.13. The van der Waals surface area contributed by atoms with Gasteiger partial charge in [0.1, 0.15) is 11.6 Å². The average molecular weight is 438 g/mol. The fourth-order valence-corrected chi connectivity index (χ4v) is 3.25. The number of para-hydroxylation sites is 1. The van der Waals surface area contributed by atoms with Gasteiger partial charge in [-0.25, -0.2) is 19.8 Å². The number of nitrogens with two attached hydrogens (primary N) is 2. The zero-order valence-corrected chi connectivity index (χ0v) is 16.4. The average Bonchev–Trinajstić information content (AvgIpc) is 2.68. The maximum atomic E-state index is 14.4. The highest BCUT2D eigenvalue weighted by atomic mass is 35.5. The van der Waals surface area contributed by atoms with E-state index in [2.05, 4.69) is 15.4 Å². The minimum Gasteiger partial charge on any atom is -0.383 e. The fourth-order valence-electron chi connectivity index (χ4n) is 2.64. The molecule has 11 heteroatoms. The van der Waals surface area contributed by atoms with Crippen molar-refractivity contribution in [2.24, 2.45) is 5.73 Å². The van der Waals surface area contributed by atoms with Crippen molar-refractivity contribution in [2.45, 2.75) is 6.92 Å². The van der Waals surface area contributed by atoms with E-state index < -0.39 is 22.7 Å². The second-order valence-electron chi connectivity index (χ2n) is 5.77. The number of halogens is 3. The normalized spacial score (nSPS) is 10.9. The second kappa shape index (κ2) is 8.16. The third-order valence-electron chi connectivity index (χ3n) is 3.96.